The molecule has 2 aliphatic heterocycles. The standard InChI is InChI=1S/2C28H26O3/c1-28(19-5-3-2-4-6-19)26-22-11-9-20(29)15-17(22)7-13-24(26)31-25-14-8-18-16-21(30)10-12-23(18)27(25)28;1-28(19-5-3-2-4-6-19)26-22-15-20(29)11-7-17(22)9-13-24(26)31-25-14-10-18-8-12-21(30)16-23(18)27(25)28/h2*7-16,19,29-30H,2-6H2,1H3. The van der Waals surface area contributed by atoms with Crippen molar-refractivity contribution in [3.05, 3.63) is 144 Å². The highest BCUT2D eigenvalue weighted by Gasteiger charge is 2.48. The van der Waals surface area contributed by atoms with Gasteiger partial charge in [0, 0.05) is 33.1 Å². The molecule has 0 spiro atoms. The SMILES string of the molecule is CC1(C2CCCCC2)c2c(ccc3cc(O)ccc23)Oc2ccc3cc(O)ccc3c21.CC1(C2CCCCC2)c2c(ccc3ccc(O)cc23)Oc2ccc3ccc(O)cc3c21. The number of phenols is 4. The first-order valence-corrected chi connectivity index (χ1v) is 22.5. The van der Waals surface area contributed by atoms with Crippen molar-refractivity contribution in [3.63, 3.8) is 0 Å². The molecule has 0 bridgehead atoms. The van der Waals surface area contributed by atoms with Crippen LogP contribution in [0.5, 0.6) is 46.0 Å². The fraction of sp³-hybridized carbons (Fsp3) is 0.286. The number of hydrogen-bond donors (Lipinski definition) is 4. The monoisotopic (exact) mass is 820 g/mol. The van der Waals surface area contributed by atoms with Crippen molar-refractivity contribution in [3.8, 4) is 46.0 Å². The van der Waals surface area contributed by atoms with Gasteiger partial charge in [-0.3, -0.25) is 0 Å². The Hall–Kier alpha value is -6.40. The number of aromatic hydroxyl groups is 4. The molecule has 0 aromatic heterocycles. The smallest absolute Gasteiger partial charge is 0.132 e. The van der Waals surface area contributed by atoms with E-state index in [1.54, 1.807) is 24.3 Å². The quantitative estimate of drug-likeness (QED) is 0.139. The van der Waals surface area contributed by atoms with E-state index in [1.807, 2.05) is 60.7 Å². The number of hydrogen-bond acceptors (Lipinski definition) is 6. The molecule has 62 heavy (non-hydrogen) atoms. The third-order valence-electron chi connectivity index (χ3n) is 15.2. The van der Waals surface area contributed by atoms with Crippen molar-refractivity contribution in [2.45, 2.75) is 88.9 Å². The molecule has 0 unspecified atom stereocenters. The van der Waals surface area contributed by atoms with Gasteiger partial charge in [0.05, 0.1) is 0 Å². The maximum Gasteiger partial charge on any atom is 0.132 e. The Balaban J connectivity index is 0.000000139. The fourth-order valence-corrected chi connectivity index (χ4v) is 12.3. The van der Waals surface area contributed by atoms with E-state index in [2.05, 4.69) is 50.2 Å². The molecule has 312 valence electrons. The molecule has 4 N–H and O–H groups in total. The zero-order valence-electron chi connectivity index (χ0n) is 35.4. The molecular formula is C56H52O6. The molecule has 6 heteroatoms. The first-order valence-electron chi connectivity index (χ1n) is 22.5. The third kappa shape index (κ3) is 5.97. The van der Waals surface area contributed by atoms with Crippen LogP contribution in [-0.2, 0) is 10.8 Å². The lowest BCUT2D eigenvalue weighted by atomic mass is 9.60. The molecule has 4 aliphatic rings. The summed E-state index contributed by atoms with van der Waals surface area (Å²) in [5.41, 5.74) is 4.27. The van der Waals surface area contributed by atoms with Crippen molar-refractivity contribution in [1.29, 1.82) is 0 Å². The van der Waals surface area contributed by atoms with Gasteiger partial charge in [-0.1, -0.05) is 101 Å². The van der Waals surface area contributed by atoms with Crippen LogP contribution in [0.25, 0.3) is 43.1 Å². The van der Waals surface area contributed by atoms with E-state index >= 15 is 0 Å². The highest BCUT2D eigenvalue weighted by Crippen LogP contribution is 2.60. The van der Waals surface area contributed by atoms with Crippen molar-refractivity contribution >= 4 is 43.1 Å². The first kappa shape index (κ1) is 38.5. The molecule has 2 aliphatic carbocycles. The Morgan fingerprint density at radius 2 is 0.661 bits per heavy atom. The number of phenolic OH excluding ortho intramolecular Hbond substituents is 4. The minimum absolute atomic E-state index is 0.226. The van der Waals surface area contributed by atoms with Crippen LogP contribution < -0.4 is 9.47 Å². The van der Waals surface area contributed by atoms with Crippen LogP contribution in [0.3, 0.4) is 0 Å². The summed E-state index contributed by atoms with van der Waals surface area (Å²) in [4.78, 5) is 0. The molecule has 2 heterocycles. The molecule has 2 saturated carbocycles. The van der Waals surface area contributed by atoms with Gasteiger partial charge in [0.1, 0.15) is 46.0 Å². The highest BCUT2D eigenvalue weighted by molar-refractivity contribution is 5.98. The summed E-state index contributed by atoms with van der Waals surface area (Å²) in [6, 6.07) is 39.0. The minimum Gasteiger partial charge on any atom is -0.508 e. The first-order chi connectivity index (χ1) is 30.1. The van der Waals surface area contributed by atoms with Crippen LogP contribution in [0.1, 0.15) is 100 Å². The van der Waals surface area contributed by atoms with Gasteiger partial charge in [-0.25, -0.2) is 0 Å². The number of ether oxygens (including phenoxy) is 2. The maximum atomic E-state index is 10.3. The van der Waals surface area contributed by atoms with E-state index in [-0.39, 0.29) is 33.8 Å². The molecule has 0 amide bonds. The molecule has 0 radical (unpaired) electrons. The van der Waals surface area contributed by atoms with E-state index in [4.69, 9.17) is 9.47 Å². The van der Waals surface area contributed by atoms with Gasteiger partial charge in [0.25, 0.3) is 0 Å². The molecule has 6 nitrogen and oxygen atoms in total. The average Bonchev–Trinajstić information content (AvgIpc) is 3.29. The van der Waals surface area contributed by atoms with Crippen LogP contribution in [0.4, 0.5) is 0 Å². The average molecular weight is 821 g/mol. The fourth-order valence-electron chi connectivity index (χ4n) is 12.3. The molecule has 0 atom stereocenters. The van der Waals surface area contributed by atoms with Crippen molar-refractivity contribution in [2.24, 2.45) is 11.8 Å². The van der Waals surface area contributed by atoms with Gasteiger partial charge >= 0.3 is 0 Å². The van der Waals surface area contributed by atoms with Gasteiger partial charge in [-0.15, -0.1) is 0 Å². The van der Waals surface area contributed by atoms with E-state index in [0.29, 0.717) is 11.8 Å². The Kier molecular flexibility index (Phi) is 9.08. The van der Waals surface area contributed by atoms with Gasteiger partial charge in [0.15, 0.2) is 0 Å². The molecule has 8 aromatic carbocycles. The summed E-state index contributed by atoms with van der Waals surface area (Å²) in [5, 5.41) is 49.5. The lowest BCUT2D eigenvalue weighted by Gasteiger charge is -2.46. The zero-order chi connectivity index (χ0) is 42.3. The number of benzene rings is 8. The van der Waals surface area contributed by atoms with E-state index in [1.165, 1.54) is 75.3 Å². The summed E-state index contributed by atoms with van der Waals surface area (Å²) in [5.74, 6) is 5.64. The lowest BCUT2D eigenvalue weighted by Crippen LogP contribution is -2.37. The topological polar surface area (TPSA) is 99.4 Å². The molecule has 0 saturated heterocycles. The summed E-state index contributed by atoms with van der Waals surface area (Å²) in [6.45, 7) is 4.75. The van der Waals surface area contributed by atoms with Gasteiger partial charge in [-0.05, 0) is 153 Å². The van der Waals surface area contributed by atoms with Crippen LogP contribution >= 0.6 is 0 Å². The van der Waals surface area contributed by atoms with E-state index < -0.39 is 0 Å². The molecule has 2 fully saturated rings. The van der Waals surface area contributed by atoms with Gasteiger partial charge in [-0.2, -0.15) is 0 Å². The van der Waals surface area contributed by atoms with Crippen LogP contribution in [0.15, 0.2) is 121 Å². The largest absolute Gasteiger partial charge is 0.508 e. The lowest BCUT2D eigenvalue weighted by molar-refractivity contribution is 0.239. The van der Waals surface area contributed by atoms with E-state index in [9.17, 15) is 20.4 Å². The zero-order valence-corrected chi connectivity index (χ0v) is 35.4. The van der Waals surface area contributed by atoms with Crippen molar-refractivity contribution in [2.75, 3.05) is 0 Å². The van der Waals surface area contributed by atoms with Crippen LogP contribution in [0, 0.1) is 11.8 Å². The second-order valence-corrected chi connectivity index (χ2v) is 18.7. The van der Waals surface area contributed by atoms with Crippen molar-refractivity contribution in [1.82, 2.24) is 0 Å². The summed E-state index contributed by atoms with van der Waals surface area (Å²) < 4.78 is 13.0. The summed E-state index contributed by atoms with van der Waals surface area (Å²) in [6.07, 6.45) is 12.3. The summed E-state index contributed by atoms with van der Waals surface area (Å²) >= 11 is 0. The second kappa shape index (κ2) is 14.6. The highest BCUT2D eigenvalue weighted by atomic mass is 16.5. The molecule has 8 aromatic rings. The molecule has 12 rings (SSSR count). The second-order valence-electron chi connectivity index (χ2n) is 18.7. The third-order valence-corrected chi connectivity index (χ3v) is 15.2. The van der Waals surface area contributed by atoms with Gasteiger partial charge in [0.2, 0.25) is 0 Å². The Bertz CT molecular complexity index is 2900. The predicted molar refractivity (Wildman–Crippen MR) is 249 cm³/mol. The van der Waals surface area contributed by atoms with Crippen molar-refractivity contribution < 1.29 is 29.9 Å². The minimum atomic E-state index is -0.288. The Labute approximate surface area is 362 Å². The Morgan fingerprint density at radius 1 is 0.355 bits per heavy atom. The predicted octanol–water partition coefficient (Wildman–Crippen LogP) is 14.8. The molecular weight excluding hydrogens is 769 g/mol. The van der Waals surface area contributed by atoms with Crippen LogP contribution in [0.2, 0.25) is 0 Å². The van der Waals surface area contributed by atoms with E-state index in [0.717, 1.165) is 77.2 Å². The number of fused-ring (bicyclic) bond motifs is 12. The van der Waals surface area contributed by atoms with Gasteiger partial charge < -0.3 is 29.9 Å². The van der Waals surface area contributed by atoms with Crippen LogP contribution in [-0.4, -0.2) is 20.4 Å². The Morgan fingerprint density at radius 3 is 1.05 bits per heavy atom. The summed E-state index contributed by atoms with van der Waals surface area (Å²) in [7, 11) is 0. The normalized spacial score (nSPS) is 17.8. The maximum absolute atomic E-state index is 10.3. The number of rotatable bonds is 2.